The molecule has 0 aliphatic carbocycles. The first-order valence-corrected chi connectivity index (χ1v) is 8.89. The minimum absolute atomic E-state index is 0. The molecule has 1 N–H and O–H groups in total. The number of thioether (sulfide) groups is 1. The third-order valence-electron chi connectivity index (χ3n) is 3.48. The van der Waals surface area contributed by atoms with E-state index in [2.05, 4.69) is 34.6 Å². The Hall–Kier alpha value is -0.710. The van der Waals surface area contributed by atoms with E-state index in [1.165, 1.54) is 10.5 Å². The zero-order valence-electron chi connectivity index (χ0n) is 12.3. The van der Waals surface area contributed by atoms with Crippen molar-refractivity contribution in [1.29, 1.82) is 0 Å². The molecule has 122 valence electrons. The van der Waals surface area contributed by atoms with E-state index in [0.29, 0.717) is 10.0 Å². The number of rotatable bonds is 4. The molecule has 0 radical (unpaired) electrons. The van der Waals surface area contributed by atoms with Gasteiger partial charge in [-0.15, -0.1) is 24.2 Å². The van der Waals surface area contributed by atoms with Gasteiger partial charge in [-0.3, -0.25) is 10.3 Å². The largest absolute Gasteiger partial charge is 0.292 e. The van der Waals surface area contributed by atoms with Crippen molar-refractivity contribution in [2.45, 2.75) is 23.2 Å². The Bertz CT molecular complexity index is 691. The molecule has 0 spiro atoms. The molecular formula is C17H17Cl3N2S. The van der Waals surface area contributed by atoms with Crippen LogP contribution in [-0.2, 0) is 5.75 Å². The van der Waals surface area contributed by atoms with Crippen LogP contribution in [0.2, 0.25) is 10.0 Å². The van der Waals surface area contributed by atoms with Gasteiger partial charge in [0.2, 0.25) is 0 Å². The van der Waals surface area contributed by atoms with Crippen LogP contribution in [0.5, 0.6) is 0 Å². The summed E-state index contributed by atoms with van der Waals surface area (Å²) in [7, 11) is 0. The molecule has 0 aromatic heterocycles. The van der Waals surface area contributed by atoms with Crippen LogP contribution in [0.1, 0.15) is 23.7 Å². The molecule has 2 nitrogen and oxygen atoms in total. The zero-order valence-corrected chi connectivity index (χ0v) is 15.5. The summed E-state index contributed by atoms with van der Waals surface area (Å²) in [5.74, 6) is 0.809. The Labute approximate surface area is 157 Å². The number of nitrogens with zero attached hydrogens (tertiary/aromatic N) is 1. The SMILES string of the molecule is Cl.Clc1ccc(CSc2ccccc2C2N=CCCN2)c(Cl)c1. The normalized spacial score (nSPS) is 16.9. The van der Waals surface area contributed by atoms with E-state index in [1.54, 1.807) is 17.8 Å². The maximum atomic E-state index is 6.25. The van der Waals surface area contributed by atoms with Crippen LogP contribution in [-0.4, -0.2) is 12.8 Å². The highest BCUT2D eigenvalue weighted by molar-refractivity contribution is 7.98. The second-order valence-corrected chi connectivity index (χ2v) is 6.90. The van der Waals surface area contributed by atoms with Crippen molar-refractivity contribution in [3.05, 3.63) is 63.6 Å². The lowest BCUT2D eigenvalue weighted by molar-refractivity contribution is 0.540. The molecule has 1 aliphatic rings. The molecule has 0 saturated carbocycles. The third kappa shape index (κ3) is 4.88. The maximum Gasteiger partial charge on any atom is 0.126 e. The average molecular weight is 388 g/mol. The van der Waals surface area contributed by atoms with Gasteiger partial charge in [-0.2, -0.15) is 0 Å². The molecule has 0 saturated heterocycles. The van der Waals surface area contributed by atoms with E-state index in [0.717, 1.165) is 24.3 Å². The van der Waals surface area contributed by atoms with Crippen LogP contribution in [0, 0.1) is 0 Å². The molecular weight excluding hydrogens is 371 g/mol. The average Bonchev–Trinajstić information content (AvgIpc) is 2.55. The van der Waals surface area contributed by atoms with Crippen molar-refractivity contribution in [2.24, 2.45) is 4.99 Å². The molecule has 2 aromatic carbocycles. The second kappa shape index (κ2) is 8.95. The summed E-state index contributed by atoms with van der Waals surface area (Å²) in [5.41, 5.74) is 2.31. The van der Waals surface area contributed by atoms with Gasteiger partial charge in [-0.25, -0.2) is 0 Å². The molecule has 23 heavy (non-hydrogen) atoms. The Morgan fingerprint density at radius 2 is 2.00 bits per heavy atom. The molecule has 0 amide bonds. The second-order valence-electron chi connectivity index (χ2n) is 5.04. The van der Waals surface area contributed by atoms with Gasteiger partial charge in [0, 0.05) is 39.0 Å². The standard InChI is InChI=1S/C17H16Cl2N2S.ClH/c18-13-7-6-12(15(19)10-13)11-22-16-5-2-1-4-14(16)17-20-8-3-9-21-17;/h1-2,4-8,10,17,21H,3,9,11H2;1H. The number of hydrogen-bond donors (Lipinski definition) is 1. The Morgan fingerprint density at radius 1 is 1.17 bits per heavy atom. The number of benzene rings is 2. The lowest BCUT2D eigenvalue weighted by Gasteiger charge is -2.20. The first kappa shape index (κ1) is 18.6. The molecule has 1 unspecified atom stereocenters. The molecule has 1 aliphatic heterocycles. The van der Waals surface area contributed by atoms with Crippen molar-refractivity contribution < 1.29 is 0 Å². The van der Waals surface area contributed by atoms with Gasteiger partial charge in [-0.05, 0) is 30.2 Å². The van der Waals surface area contributed by atoms with Gasteiger partial charge in [0.25, 0.3) is 0 Å². The molecule has 2 aromatic rings. The third-order valence-corrected chi connectivity index (χ3v) is 5.20. The highest BCUT2D eigenvalue weighted by Gasteiger charge is 2.15. The van der Waals surface area contributed by atoms with Crippen molar-refractivity contribution >= 4 is 53.6 Å². The topological polar surface area (TPSA) is 24.4 Å². The fourth-order valence-corrected chi connectivity index (χ4v) is 3.98. The van der Waals surface area contributed by atoms with Crippen LogP contribution in [0.4, 0.5) is 0 Å². The van der Waals surface area contributed by atoms with Gasteiger partial charge in [0.1, 0.15) is 6.17 Å². The van der Waals surface area contributed by atoms with Gasteiger partial charge in [0.15, 0.2) is 0 Å². The fourth-order valence-electron chi connectivity index (χ4n) is 2.34. The first-order chi connectivity index (χ1) is 10.7. The van der Waals surface area contributed by atoms with E-state index >= 15 is 0 Å². The summed E-state index contributed by atoms with van der Waals surface area (Å²) in [4.78, 5) is 5.78. The summed E-state index contributed by atoms with van der Waals surface area (Å²) in [5, 5.41) is 4.82. The summed E-state index contributed by atoms with van der Waals surface area (Å²) in [6, 6.07) is 14.0. The van der Waals surface area contributed by atoms with Crippen molar-refractivity contribution in [3.8, 4) is 0 Å². The van der Waals surface area contributed by atoms with E-state index in [1.807, 2.05) is 18.3 Å². The minimum atomic E-state index is 0. The molecule has 6 heteroatoms. The molecule has 0 bridgehead atoms. The monoisotopic (exact) mass is 386 g/mol. The van der Waals surface area contributed by atoms with Gasteiger partial charge >= 0.3 is 0 Å². The van der Waals surface area contributed by atoms with E-state index in [9.17, 15) is 0 Å². The number of nitrogens with one attached hydrogen (secondary N) is 1. The van der Waals surface area contributed by atoms with Gasteiger partial charge in [-0.1, -0.05) is 47.5 Å². The highest BCUT2D eigenvalue weighted by atomic mass is 35.5. The van der Waals surface area contributed by atoms with Crippen molar-refractivity contribution in [3.63, 3.8) is 0 Å². The number of halogens is 3. The summed E-state index contributed by atoms with van der Waals surface area (Å²) in [6.45, 7) is 0.968. The molecule has 0 fully saturated rings. The van der Waals surface area contributed by atoms with Crippen LogP contribution in [0.15, 0.2) is 52.4 Å². The predicted molar refractivity (Wildman–Crippen MR) is 104 cm³/mol. The lowest BCUT2D eigenvalue weighted by Crippen LogP contribution is -2.25. The zero-order chi connectivity index (χ0) is 15.4. The number of hydrogen-bond acceptors (Lipinski definition) is 3. The Balaban J connectivity index is 0.00000192. The van der Waals surface area contributed by atoms with Crippen molar-refractivity contribution in [1.82, 2.24) is 5.32 Å². The van der Waals surface area contributed by atoms with E-state index < -0.39 is 0 Å². The van der Waals surface area contributed by atoms with Crippen molar-refractivity contribution in [2.75, 3.05) is 6.54 Å². The van der Waals surface area contributed by atoms with E-state index in [-0.39, 0.29) is 18.6 Å². The molecule has 1 heterocycles. The lowest BCUT2D eigenvalue weighted by atomic mass is 10.1. The predicted octanol–water partition coefficient (Wildman–Crippen LogP) is 5.77. The quantitative estimate of drug-likeness (QED) is 0.673. The van der Waals surface area contributed by atoms with Crippen LogP contribution in [0.3, 0.4) is 0 Å². The molecule has 1 atom stereocenters. The Kier molecular flexibility index (Phi) is 7.25. The molecule has 3 rings (SSSR count). The highest BCUT2D eigenvalue weighted by Crippen LogP contribution is 2.33. The minimum Gasteiger partial charge on any atom is -0.292 e. The summed E-state index contributed by atoms with van der Waals surface area (Å²) >= 11 is 14.0. The summed E-state index contributed by atoms with van der Waals surface area (Å²) in [6.07, 6.45) is 3.04. The van der Waals surface area contributed by atoms with Crippen LogP contribution >= 0.6 is 47.4 Å². The van der Waals surface area contributed by atoms with Crippen LogP contribution < -0.4 is 5.32 Å². The smallest absolute Gasteiger partial charge is 0.126 e. The fraction of sp³-hybridized carbons (Fsp3) is 0.235. The Morgan fingerprint density at radius 3 is 2.74 bits per heavy atom. The van der Waals surface area contributed by atoms with Gasteiger partial charge in [0.05, 0.1) is 0 Å². The maximum absolute atomic E-state index is 6.25. The van der Waals surface area contributed by atoms with E-state index in [4.69, 9.17) is 23.2 Å². The number of aliphatic imine (C=N–C) groups is 1. The van der Waals surface area contributed by atoms with Crippen LogP contribution in [0.25, 0.3) is 0 Å². The summed E-state index contributed by atoms with van der Waals surface area (Å²) < 4.78 is 0. The first-order valence-electron chi connectivity index (χ1n) is 7.15. The van der Waals surface area contributed by atoms with Gasteiger partial charge < -0.3 is 0 Å².